The minimum atomic E-state index is -1.22. The Kier molecular flexibility index (Phi) is 5.18. The second-order valence-electron chi connectivity index (χ2n) is 6.15. The van der Waals surface area contributed by atoms with Crippen LogP contribution in [0.15, 0.2) is 37.9 Å². The van der Waals surface area contributed by atoms with Crippen LogP contribution in [0.25, 0.3) is 0 Å². The molecule has 0 radical (unpaired) electrons. The second-order valence-corrected chi connectivity index (χ2v) is 6.56. The normalized spacial score (nSPS) is 20.0. The van der Waals surface area contributed by atoms with E-state index in [1.807, 2.05) is 0 Å². The van der Waals surface area contributed by atoms with Gasteiger partial charge in [-0.15, -0.1) is 0 Å². The molecule has 1 aromatic carbocycles. The lowest BCUT2D eigenvalue weighted by Gasteiger charge is -2.37. The highest BCUT2D eigenvalue weighted by Gasteiger charge is 2.44. The van der Waals surface area contributed by atoms with Crippen LogP contribution in [0.2, 0.25) is 5.02 Å². The molecular weight excluding hydrogens is 362 g/mol. The van der Waals surface area contributed by atoms with Gasteiger partial charge in [-0.25, -0.2) is 9.59 Å². The van der Waals surface area contributed by atoms with E-state index in [0.29, 0.717) is 23.4 Å². The van der Waals surface area contributed by atoms with E-state index < -0.39 is 17.5 Å². The first kappa shape index (κ1) is 18.3. The van der Waals surface area contributed by atoms with E-state index in [1.54, 1.807) is 24.3 Å². The van der Waals surface area contributed by atoms with Crippen molar-refractivity contribution in [3.05, 3.63) is 57.0 Å². The fourth-order valence-corrected chi connectivity index (χ4v) is 3.47. The number of hydrogen-bond donors (Lipinski definition) is 1. The average molecular weight is 380 g/mol. The highest BCUT2D eigenvalue weighted by Crippen LogP contribution is 2.38. The Morgan fingerprint density at radius 3 is 2.69 bits per heavy atom. The number of ketones is 1. The largest absolute Gasteiger partial charge is 0.519 e. The Morgan fingerprint density at radius 1 is 1.27 bits per heavy atom. The summed E-state index contributed by atoms with van der Waals surface area (Å²) in [5.41, 5.74) is -0.672. The number of alkyl carbamates (subject to hydrolysis) is 1. The molecule has 1 aromatic heterocycles. The van der Waals surface area contributed by atoms with Crippen molar-refractivity contribution in [1.82, 2.24) is 5.32 Å². The molecule has 26 heavy (non-hydrogen) atoms. The van der Waals surface area contributed by atoms with E-state index in [1.165, 1.54) is 6.92 Å². The summed E-state index contributed by atoms with van der Waals surface area (Å²) in [6.45, 7) is 1.24. The zero-order valence-corrected chi connectivity index (χ0v) is 14.9. The zero-order valence-electron chi connectivity index (χ0n) is 14.2. The molecule has 1 fully saturated rings. The first-order chi connectivity index (χ1) is 12.4. The van der Waals surface area contributed by atoms with Crippen LogP contribution in [0, 0.1) is 6.92 Å². The lowest BCUT2D eigenvalue weighted by atomic mass is 9.75. The number of carbonyl (C=O) groups is 2. The molecule has 0 spiro atoms. The Labute approximate surface area is 154 Å². The Hall–Kier alpha value is -2.54. The van der Waals surface area contributed by atoms with E-state index in [0.717, 1.165) is 12.8 Å². The molecule has 0 aliphatic heterocycles. The maximum absolute atomic E-state index is 12.7. The molecule has 1 saturated carbocycles. The van der Waals surface area contributed by atoms with E-state index in [-0.39, 0.29) is 23.9 Å². The van der Waals surface area contributed by atoms with Gasteiger partial charge in [0, 0.05) is 17.0 Å². The molecule has 0 unspecified atom stereocenters. The molecule has 1 amide bonds. The van der Waals surface area contributed by atoms with Crippen molar-refractivity contribution in [3.8, 4) is 0 Å². The molecular formula is C18H18ClNO6. The summed E-state index contributed by atoms with van der Waals surface area (Å²) in [6.07, 6.45) is 1.52. The van der Waals surface area contributed by atoms with E-state index in [2.05, 4.69) is 5.32 Å². The Bertz CT molecular complexity index is 886. The molecule has 1 heterocycles. The molecule has 7 nitrogen and oxygen atoms in total. The lowest BCUT2D eigenvalue weighted by Crippen LogP contribution is -2.53. The van der Waals surface area contributed by atoms with E-state index in [4.69, 9.17) is 25.2 Å². The van der Waals surface area contributed by atoms with Crippen molar-refractivity contribution in [3.63, 3.8) is 0 Å². The van der Waals surface area contributed by atoms with Gasteiger partial charge in [0.1, 0.15) is 5.54 Å². The van der Waals surface area contributed by atoms with Gasteiger partial charge in [0.15, 0.2) is 23.9 Å². The molecule has 0 bridgehead atoms. The predicted octanol–water partition coefficient (Wildman–Crippen LogP) is 3.46. The summed E-state index contributed by atoms with van der Waals surface area (Å²) in [6, 6.07) is 6.93. The summed E-state index contributed by atoms with van der Waals surface area (Å²) in [5.74, 6) is -0.624. The molecule has 1 N–H and O–H groups in total. The van der Waals surface area contributed by atoms with Crippen molar-refractivity contribution in [1.29, 1.82) is 0 Å². The highest BCUT2D eigenvalue weighted by atomic mass is 35.5. The standard InChI is InChI=1S/C18H18ClNO6/c1-11-14(26-17(23)25-11)10-24-16(22)20-18(9-5-4-8-15(18)21)12-6-2-3-7-13(12)19/h2-3,6-7H,4-5,8-10H2,1H3,(H,20,22)/t18-/m0/s1. The molecule has 1 aliphatic rings. The number of benzene rings is 1. The number of halogens is 1. The molecule has 3 rings (SSSR count). The molecule has 1 aliphatic carbocycles. The minimum absolute atomic E-state index is 0.111. The van der Waals surface area contributed by atoms with Gasteiger partial charge in [-0.3, -0.25) is 4.79 Å². The van der Waals surface area contributed by atoms with Crippen LogP contribution in [0.5, 0.6) is 0 Å². The zero-order chi connectivity index (χ0) is 18.7. The van der Waals surface area contributed by atoms with Crippen molar-refractivity contribution in [2.24, 2.45) is 0 Å². The predicted molar refractivity (Wildman–Crippen MR) is 91.9 cm³/mol. The summed E-state index contributed by atoms with van der Waals surface area (Å²) < 4.78 is 14.6. The minimum Gasteiger partial charge on any atom is -0.441 e. The highest BCUT2D eigenvalue weighted by molar-refractivity contribution is 6.31. The van der Waals surface area contributed by atoms with Gasteiger partial charge in [-0.1, -0.05) is 29.8 Å². The quantitative estimate of drug-likeness (QED) is 0.873. The lowest BCUT2D eigenvalue weighted by molar-refractivity contribution is -0.127. The van der Waals surface area contributed by atoms with Crippen molar-refractivity contribution in [2.75, 3.05) is 0 Å². The summed E-state index contributed by atoms with van der Waals surface area (Å²) >= 11 is 6.29. The number of Topliss-reactive ketones (excluding diaryl/α,β-unsaturated/α-hetero) is 1. The van der Waals surface area contributed by atoms with E-state index in [9.17, 15) is 14.4 Å². The summed E-state index contributed by atoms with van der Waals surface area (Å²) in [4.78, 5) is 36.1. The smallest absolute Gasteiger partial charge is 0.441 e. The number of ether oxygens (including phenoxy) is 1. The fraction of sp³-hybridized carbons (Fsp3) is 0.389. The first-order valence-corrected chi connectivity index (χ1v) is 8.63. The topological polar surface area (TPSA) is 98.8 Å². The number of hydrogen-bond acceptors (Lipinski definition) is 6. The number of nitrogens with one attached hydrogen (secondary N) is 1. The van der Waals surface area contributed by atoms with Gasteiger partial charge in [-0.2, -0.15) is 0 Å². The SMILES string of the molecule is Cc1oc(=O)oc1COC(=O)N[C@]1(c2ccccc2Cl)CCCCC1=O. The third-order valence-corrected chi connectivity index (χ3v) is 4.83. The Balaban J connectivity index is 1.81. The molecule has 0 saturated heterocycles. The second kappa shape index (κ2) is 7.37. The fourth-order valence-electron chi connectivity index (χ4n) is 3.17. The number of rotatable bonds is 4. The first-order valence-electron chi connectivity index (χ1n) is 8.25. The van der Waals surface area contributed by atoms with Crippen LogP contribution in [-0.2, 0) is 21.7 Å². The maximum atomic E-state index is 12.7. The van der Waals surface area contributed by atoms with Gasteiger partial charge in [0.2, 0.25) is 0 Å². The van der Waals surface area contributed by atoms with E-state index >= 15 is 0 Å². The van der Waals surface area contributed by atoms with Gasteiger partial charge in [0.05, 0.1) is 0 Å². The summed E-state index contributed by atoms with van der Waals surface area (Å²) in [7, 11) is 0. The average Bonchev–Trinajstić information content (AvgIpc) is 2.93. The van der Waals surface area contributed by atoms with Crippen LogP contribution < -0.4 is 11.1 Å². The van der Waals surface area contributed by atoms with Crippen molar-refractivity contribution in [2.45, 2.75) is 44.8 Å². The molecule has 138 valence electrons. The third kappa shape index (κ3) is 3.53. The Morgan fingerprint density at radius 2 is 2.04 bits per heavy atom. The molecule has 2 aromatic rings. The summed E-state index contributed by atoms with van der Waals surface area (Å²) in [5, 5.41) is 3.09. The molecule has 1 atom stereocenters. The van der Waals surface area contributed by atoms with Crippen LogP contribution in [0.1, 0.15) is 42.8 Å². The maximum Gasteiger partial charge on any atom is 0.519 e. The van der Waals surface area contributed by atoms with Gasteiger partial charge in [0.25, 0.3) is 0 Å². The van der Waals surface area contributed by atoms with Crippen LogP contribution >= 0.6 is 11.6 Å². The van der Waals surface area contributed by atoms with Gasteiger partial charge in [-0.05, 0) is 32.3 Å². The third-order valence-electron chi connectivity index (χ3n) is 4.50. The van der Waals surface area contributed by atoms with Crippen LogP contribution in [0.3, 0.4) is 0 Å². The monoisotopic (exact) mass is 379 g/mol. The van der Waals surface area contributed by atoms with Crippen LogP contribution in [0.4, 0.5) is 4.79 Å². The van der Waals surface area contributed by atoms with Gasteiger partial charge < -0.3 is 18.9 Å². The molecule has 8 heteroatoms. The number of amides is 1. The van der Waals surface area contributed by atoms with Crippen molar-refractivity contribution >= 4 is 23.5 Å². The van der Waals surface area contributed by atoms with Crippen molar-refractivity contribution < 1.29 is 23.2 Å². The van der Waals surface area contributed by atoms with Gasteiger partial charge >= 0.3 is 11.9 Å². The van der Waals surface area contributed by atoms with Crippen LogP contribution in [-0.4, -0.2) is 11.9 Å². The number of carbonyl (C=O) groups excluding carboxylic acids is 2. The number of aryl methyl sites for hydroxylation is 1.